The average Bonchev–Trinajstić information content (AvgIpc) is 2.76. The molecule has 2 N–H and O–H groups in total. The Morgan fingerprint density at radius 1 is 1.33 bits per heavy atom. The highest BCUT2D eigenvalue weighted by Gasteiger charge is 2.20. The second kappa shape index (κ2) is 6.90. The van der Waals surface area contributed by atoms with E-state index in [1.807, 2.05) is 12.5 Å². The number of rotatable bonds is 7. The minimum atomic E-state index is 0.258. The maximum Gasteiger partial charge on any atom is 0.0951 e. The lowest BCUT2D eigenvalue weighted by atomic mass is 10.1. The summed E-state index contributed by atoms with van der Waals surface area (Å²) in [5, 5.41) is 0. The van der Waals surface area contributed by atoms with Gasteiger partial charge in [0.15, 0.2) is 0 Å². The molecule has 1 rings (SSSR count). The van der Waals surface area contributed by atoms with Crippen molar-refractivity contribution in [2.24, 2.45) is 11.7 Å². The van der Waals surface area contributed by atoms with Gasteiger partial charge in [-0.15, -0.1) is 0 Å². The Labute approximate surface area is 111 Å². The normalized spacial score (nSPS) is 13.8. The highest BCUT2D eigenvalue weighted by molar-refractivity contribution is 5.07. The molecule has 0 bridgehead atoms. The summed E-state index contributed by atoms with van der Waals surface area (Å²) in [5.41, 5.74) is 7.18. The van der Waals surface area contributed by atoms with Crippen LogP contribution in [0.4, 0.5) is 0 Å². The first-order chi connectivity index (χ1) is 8.47. The SMILES string of the molecule is CC(C)CCN(C)C(CN)c1cncn1C(C)C. The van der Waals surface area contributed by atoms with Gasteiger partial charge in [0.25, 0.3) is 0 Å². The van der Waals surface area contributed by atoms with E-state index in [-0.39, 0.29) is 6.04 Å². The van der Waals surface area contributed by atoms with Crippen molar-refractivity contribution >= 4 is 0 Å². The summed E-state index contributed by atoms with van der Waals surface area (Å²) in [4.78, 5) is 6.61. The zero-order valence-electron chi connectivity index (χ0n) is 12.4. The van der Waals surface area contributed by atoms with E-state index >= 15 is 0 Å². The van der Waals surface area contributed by atoms with E-state index in [2.05, 4.69) is 49.2 Å². The van der Waals surface area contributed by atoms with Crippen molar-refractivity contribution in [3.63, 3.8) is 0 Å². The molecule has 0 fully saturated rings. The minimum Gasteiger partial charge on any atom is -0.331 e. The number of hydrogen-bond acceptors (Lipinski definition) is 3. The fourth-order valence-corrected chi connectivity index (χ4v) is 2.15. The molecule has 1 atom stereocenters. The molecule has 4 heteroatoms. The molecule has 0 radical (unpaired) electrons. The van der Waals surface area contributed by atoms with E-state index in [9.17, 15) is 0 Å². The lowest BCUT2D eigenvalue weighted by Crippen LogP contribution is -2.33. The molecule has 1 aromatic rings. The Morgan fingerprint density at radius 2 is 2.00 bits per heavy atom. The third-order valence-corrected chi connectivity index (χ3v) is 3.41. The molecule has 0 aromatic carbocycles. The van der Waals surface area contributed by atoms with Gasteiger partial charge in [0.05, 0.1) is 18.1 Å². The van der Waals surface area contributed by atoms with Gasteiger partial charge in [0, 0.05) is 18.8 Å². The van der Waals surface area contributed by atoms with Gasteiger partial charge in [-0.25, -0.2) is 4.98 Å². The maximum atomic E-state index is 5.96. The van der Waals surface area contributed by atoms with Gasteiger partial charge in [0.1, 0.15) is 0 Å². The lowest BCUT2D eigenvalue weighted by Gasteiger charge is -2.29. The highest BCUT2D eigenvalue weighted by Crippen LogP contribution is 2.21. The van der Waals surface area contributed by atoms with Gasteiger partial charge in [-0.1, -0.05) is 13.8 Å². The number of imidazole rings is 1. The molecule has 0 amide bonds. The first kappa shape index (κ1) is 15.2. The Morgan fingerprint density at radius 3 is 2.50 bits per heavy atom. The molecule has 1 aromatic heterocycles. The number of aromatic nitrogens is 2. The second-order valence-electron chi connectivity index (χ2n) is 5.73. The van der Waals surface area contributed by atoms with Crippen LogP contribution < -0.4 is 5.73 Å². The summed E-state index contributed by atoms with van der Waals surface area (Å²) >= 11 is 0. The van der Waals surface area contributed by atoms with Crippen LogP contribution in [0, 0.1) is 5.92 Å². The molecule has 0 saturated heterocycles. The predicted molar refractivity (Wildman–Crippen MR) is 76.5 cm³/mol. The van der Waals surface area contributed by atoms with Crippen molar-refractivity contribution in [1.29, 1.82) is 0 Å². The Balaban J connectivity index is 2.78. The number of hydrogen-bond donors (Lipinski definition) is 1. The standard InChI is InChI=1S/C14H28N4/c1-11(2)6-7-17(5)13(8-15)14-9-16-10-18(14)12(3)4/h9-13H,6-8,15H2,1-5H3. The van der Waals surface area contributed by atoms with Crippen molar-refractivity contribution in [1.82, 2.24) is 14.5 Å². The van der Waals surface area contributed by atoms with Crippen LogP contribution >= 0.6 is 0 Å². The summed E-state index contributed by atoms with van der Waals surface area (Å²) in [7, 11) is 2.15. The van der Waals surface area contributed by atoms with Crippen LogP contribution in [0.1, 0.15) is 51.9 Å². The highest BCUT2D eigenvalue weighted by atomic mass is 15.2. The van der Waals surface area contributed by atoms with Crippen molar-refractivity contribution in [2.45, 2.75) is 46.2 Å². The fourth-order valence-electron chi connectivity index (χ4n) is 2.15. The first-order valence-electron chi connectivity index (χ1n) is 6.89. The number of likely N-dealkylation sites (N-methyl/N-ethyl adjacent to an activating group) is 1. The summed E-state index contributed by atoms with van der Waals surface area (Å²) < 4.78 is 2.21. The van der Waals surface area contributed by atoms with Gasteiger partial charge in [-0.05, 0) is 39.8 Å². The molecule has 104 valence electrons. The molecule has 1 unspecified atom stereocenters. The zero-order chi connectivity index (χ0) is 13.7. The van der Waals surface area contributed by atoms with E-state index in [0.29, 0.717) is 12.6 Å². The molecule has 0 spiro atoms. The van der Waals surface area contributed by atoms with Gasteiger partial charge < -0.3 is 10.3 Å². The van der Waals surface area contributed by atoms with E-state index < -0.39 is 0 Å². The third-order valence-electron chi connectivity index (χ3n) is 3.41. The quantitative estimate of drug-likeness (QED) is 0.811. The molecular formula is C14H28N4. The molecule has 0 aliphatic carbocycles. The number of nitrogens with two attached hydrogens (primary N) is 1. The van der Waals surface area contributed by atoms with E-state index in [4.69, 9.17) is 5.73 Å². The van der Waals surface area contributed by atoms with Crippen LogP contribution in [0.15, 0.2) is 12.5 Å². The Kier molecular flexibility index (Phi) is 5.82. The van der Waals surface area contributed by atoms with Crippen LogP contribution in [0.2, 0.25) is 0 Å². The Hall–Kier alpha value is -0.870. The third kappa shape index (κ3) is 3.82. The summed E-state index contributed by atoms with van der Waals surface area (Å²) in [6, 6.07) is 0.684. The Bertz CT molecular complexity index is 343. The second-order valence-corrected chi connectivity index (χ2v) is 5.73. The average molecular weight is 252 g/mol. The summed E-state index contributed by atoms with van der Waals surface area (Å²) in [5.74, 6) is 0.723. The summed E-state index contributed by atoms with van der Waals surface area (Å²) in [6.07, 6.45) is 5.05. The van der Waals surface area contributed by atoms with Crippen LogP contribution in [-0.4, -0.2) is 34.6 Å². The molecule has 18 heavy (non-hydrogen) atoms. The minimum absolute atomic E-state index is 0.258. The number of nitrogens with zero attached hydrogens (tertiary/aromatic N) is 3. The van der Waals surface area contributed by atoms with Gasteiger partial charge in [0.2, 0.25) is 0 Å². The predicted octanol–water partition coefficient (Wildman–Crippen LogP) is 2.44. The maximum absolute atomic E-state index is 5.96. The summed E-state index contributed by atoms with van der Waals surface area (Å²) in [6.45, 7) is 10.6. The zero-order valence-corrected chi connectivity index (χ0v) is 12.4. The van der Waals surface area contributed by atoms with Crippen LogP contribution in [-0.2, 0) is 0 Å². The topological polar surface area (TPSA) is 47.1 Å². The molecule has 4 nitrogen and oxygen atoms in total. The monoisotopic (exact) mass is 252 g/mol. The molecular weight excluding hydrogens is 224 g/mol. The van der Waals surface area contributed by atoms with Crippen molar-refractivity contribution in [2.75, 3.05) is 20.1 Å². The largest absolute Gasteiger partial charge is 0.331 e. The van der Waals surface area contributed by atoms with Crippen molar-refractivity contribution in [3.8, 4) is 0 Å². The molecule has 0 saturated carbocycles. The van der Waals surface area contributed by atoms with Gasteiger partial charge in [-0.2, -0.15) is 0 Å². The molecule has 0 aliphatic heterocycles. The molecule has 1 heterocycles. The van der Waals surface area contributed by atoms with Gasteiger partial charge >= 0.3 is 0 Å². The van der Waals surface area contributed by atoms with E-state index in [1.54, 1.807) is 0 Å². The van der Waals surface area contributed by atoms with Crippen LogP contribution in [0.25, 0.3) is 0 Å². The fraction of sp³-hybridized carbons (Fsp3) is 0.786. The smallest absolute Gasteiger partial charge is 0.0951 e. The van der Waals surface area contributed by atoms with E-state index in [1.165, 1.54) is 12.1 Å². The molecule has 0 aliphatic rings. The van der Waals surface area contributed by atoms with Gasteiger partial charge in [-0.3, -0.25) is 4.90 Å². The van der Waals surface area contributed by atoms with E-state index in [0.717, 1.165) is 12.5 Å². The van der Waals surface area contributed by atoms with Crippen LogP contribution in [0.3, 0.4) is 0 Å². The first-order valence-corrected chi connectivity index (χ1v) is 6.89. The van der Waals surface area contributed by atoms with Crippen molar-refractivity contribution < 1.29 is 0 Å². The van der Waals surface area contributed by atoms with Crippen molar-refractivity contribution in [3.05, 3.63) is 18.2 Å². The lowest BCUT2D eigenvalue weighted by molar-refractivity contribution is 0.226. The van der Waals surface area contributed by atoms with Crippen LogP contribution in [0.5, 0.6) is 0 Å².